The van der Waals surface area contributed by atoms with Crippen LogP contribution in [0.15, 0.2) is 32.7 Å². The van der Waals surface area contributed by atoms with Gasteiger partial charge >= 0.3 is 5.69 Å². The van der Waals surface area contributed by atoms with Gasteiger partial charge in [-0.3, -0.25) is 9.36 Å². The van der Waals surface area contributed by atoms with E-state index in [1.807, 2.05) is 6.92 Å². The zero-order chi connectivity index (χ0) is 19.8. The third-order valence-electron chi connectivity index (χ3n) is 5.77. The number of benzene rings is 1. The lowest BCUT2D eigenvalue weighted by Gasteiger charge is -2.29. The maximum Gasteiger partial charge on any atom is 0.328 e. The molecule has 3 rings (SSSR count). The van der Waals surface area contributed by atoms with Crippen molar-refractivity contribution in [2.45, 2.75) is 56.4 Å². The predicted molar refractivity (Wildman–Crippen MR) is 105 cm³/mol. The number of nitrogens with zero attached hydrogens (tertiary/aromatic N) is 2. The van der Waals surface area contributed by atoms with E-state index in [1.54, 1.807) is 7.05 Å². The van der Waals surface area contributed by atoms with Crippen LogP contribution in [-0.4, -0.2) is 35.4 Å². The van der Waals surface area contributed by atoms with E-state index in [1.165, 1.54) is 48.8 Å². The van der Waals surface area contributed by atoms with E-state index >= 15 is 0 Å². The predicted octanol–water partition coefficient (Wildman–Crippen LogP) is 2.21. The molecular formula is C19H27N3O4S. The molecule has 1 heterocycles. The van der Waals surface area contributed by atoms with Crippen molar-refractivity contribution in [3.8, 4) is 0 Å². The quantitative estimate of drug-likeness (QED) is 0.843. The van der Waals surface area contributed by atoms with E-state index in [0.717, 1.165) is 23.8 Å². The molecule has 0 amide bonds. The normalized spacial score (nSPS) is 17.5. The maximum atomic E-state index is 13.1. The monoisotopic (exact) mass is 393 g/mol. The van der Waals surface area contributed by atoms with Crippen LogP contribution in [0.25, 0.3) is 10.9 Å². The standard InChI is InChI=1S/C19H27N3O4S/c1-13(11-14-7-5-4-6-8-14)22(3)27(25,26)15-9-10-17-16(12-15)18(23)21(2)19(24)20-17/h9-10,12-14H,4-8,11H2,1-3H3,(H,20,24)/t13-/m1/s1. The summed E-state index contributed by atoms with van der Waals surface area (Å²) < 4.78 is 28.5. The second-order valence-electron chi connectivity index (χ2n) is 7.61. The van der Waals surface area contributed by atoms with Gasteiger partial charge in [-0.15, -0.1) is 0 Å². The van der Waals surface area contributed by atoms with Crippen molar-refractivity contribution in [3.05, 3.63) is 39.0 Å². The number of H-pyrrole nitrogens is 1. The highest BCUT2D eigenvalue weighted by molar-refractivity contribution is 7.89. The fraction of sp³-hybridized carbons (Fsp3) is 0.579. The molecule has 2 aromatic rings. The minimum Gasteiger partial charge on any atom is -0.307 e. The van der Waals surface area contributed by atoms with Crippen molar-refractivity contribution in [1.82, 2.24) is 13.9 Å². The van der Waals surface area contributed by atoms with Crippen LogP contribution in [0.2, 0.25) is 0 Å². The minimum absolute atomic E-state index is 0.0668. The molecule has 1 N–H and O–H groups in total. The zero-order valence-corrected chi connectivity index (χ0v) is 16.9. The van der Waals surface area contributed by atoms with Gasteiger partial charge in [0.2, 0.25) is 10.0 Å². The molecule has 0 unspecified atom stereocenters. The van der Waals surface area contributed by atoms with Crippen molar-refractivity contribution in [2.75, 3.05) is 7.05 Å². The molecule has 1 aromatic carbocycles. The van der Waals surface area contributed by atoms with E-state index in [4.69, 9.17) is 0 Å². The fourth-order valence-electron chi connectivity index (χ4n) is 3.90. The summed E-state index contributed by atoms with van der Waals surface area (Å²) in [5.74, 6) is 0.570. The van der Waals surface area contributed by atoms with Crippen LogP contribution < -0.4 is 11.2 Å². The largest absolute Gasteiger partial charge is 0.328 e. The van der Waals surface area contributed by atoms with E-state index in [0.29, 0.717) is 11.4 Å². The number of aromatic nitrogens is 2. The van der Waals surface area contributed by atoms with Gasteiger partial charge < -0.3 is 4.98 Å². The first kappa shape index (κ1) is 19.8. The molecule has 148 valence electrons. The Labute approximate surface area is 159 Å². The molecule has 0 saturated heterocycles. The van der Waals surface area contributed by atoms with Gasteiger partial charge in [-0.25, -0.2) is 13.2 Å². The number of fused-ring (bicyclic) bond motifs is 1. The van der Waals surface area contributed by atoms with Gasteiger partial charge in [-0.2, -0.15) is 4.31 Å². The lowest BCUT2D eigenvalue weighted by molar-refractivity contribution is 0.267. The number of sulfonamides is 1. The Bertz CT molecular complexity index is 1050. The van der Waals surface area contributed by atoms with Crippen molar-refractivity contribution < 1.29 is 8.42 Å². The second kappa shape index (κ2) is 7.59. The maximum absolute atomic E-state index is 13.1. The highest BCUT2D eigenvalue weighted by atomic mass is 32.2. The summed E-state index contributed by atoms with van der Waals surface area (Å²) in [5.41, 5.74) is -0.704. The summed E-state index contributed by atoms with van der Waals surface area (Å²) in [4.78, 5) is 26.7. The Morgan fingerprint density at radius 3 is 2.56 bits per heavy atom. The summed E-state index contributed by atoms with van der Waals surface area (Å²) in [5, 5.41) is 0.187. The Balaban J connectivity index is 1.91. The SMILES string of the molecule is C[C@H](CC1CCCCC1)N(C)S(=O)(=O)c1ccc2[nH]c(=O)n(C)c(=O)c2c1. The third kappa shape index (κ3) is 3.87. The van der Waals surface area contributed by atoms with Crippen LogP contribution in [-0.2, 0) is 17.1 Å². The average Bonchev–Trinajstić information content (AvgIpc) is 2.66. The lowest BCUT2D eigenvalue weighted by Crippen LogP contribution is -2.37. The highest BCUT2D eigenvalue weighted by Gasteiger charge is 2.28. The number of aromatic amines is 1. The first-order valence-electron chi connectivity index (χ1n) is 9.43. The molecule has 8 heteroatoms. The van der Waals surface area contributed by atoms with Gasteiger partial charge in [-0.05, 0) is 37.5 Å². The molecule has 0 bridgehead atoms. The fourth-order valence-corrected chi connectivity index (χ4v) is 5.30. The van der Waals surface area contributed by atoms with Gasteiger partial charge in [0.1, 0.15) is 0 Å². The summed E-state index contributed by atoms with van der Waals surface area (Å²) in [6.45, 7) is 1.93. The summed E-state index contributed by atoms with van der Waals surface area (Å²) in [6.07, 6.45) is 6.89. The van der Waals surface area contributed by atoms with Crippen LogP contribution in [0, 0.1) is 5.92 Å². The van der Waals surface area contributed by atoms with Crippen molar-refractivity contribution in [1.29, 1.82) is 0 Å². The molecule has 27 heavy (non-hydrogen) atoms. The van der Waals surface area contributed by atoms with E-state index < -0.39 is 21.3 Å². The zero-order valence-electron chi connectivity index (χ0n) is 16.1. The molecule has 0 radical (unpaired) electrons. The van der Waals surface area contributed by atoms with Crippen LogP contribution in [0.4, 0.5) is 0 Å². The Hall–Kier alpha value is -1.93. The molecule has 1 fully saturated rings. The van der Waals surface area contributed by atoms with Gasteiger partial charge in [-0.1, -0.05) is 32.1 Å². The van der Waals surface area contributed by atoms with Crippen molar-refractivity contribution >= 4 is 20.9 Å². The first-order chi connectivity index (χ1) is 12.7. The highest BCUT2D eigenvalue weighted by Crippen LogP contribution is 2.29. The number of hydrogen-bond acceptors (Lipinski definition) is 4. The third-order valence-corrected chi connectivity index (χ3v) is 7.74. The molecule has 7 nitrogen and oxygen atoms in total. The molecule has 0 spiro atoms. The van der Waals surface area contributed by atoms with Gasteiger partial charge in [0.05, 0.1) is 15.8 Å². The molecule has 1 saturated carbocycles. The van der Waals surface area contributed by atoms with Crippen LogP contribution in [0.3, 0.4) is 0 Å². The number of nitrogens with one attached hydrogen (secondary N) is 1. The Morgan fingerprint density at radius 2 is 1.89 bits per heavy atom. The van der Waals surface area contributed by atoms with E-state index in [2.05, 4.69) is 4.98 Å². The average molecular weight is 394 g/mol. The number of rotatable bonds is 5. The second-order valence-corrected chi connectivity index (χ2v) is 9.61. The van der Waals surface area contributed by atoms with Crippen LogP contribution in [0.5, 0.6) is 0 Å². The summed E-state index contributed by atoms with van der Waals surface area (Å²) in [7, 11) is -0.771. The molecule has 0 aliphatic heterocycles. The lowest BCUT2D eigenvalue weighted by atomic mass is 9.85. The molecule has 1 atom stereocenters. The van der Waals surface area contributed by atoms with Gasteiger partial charge in [0, 0.05) is 20.1 Å². The topological polar surface area (TPSA) is 92.2 Å². The smallest absolute Gasteiger partial charge is 0.307 e. The summed E-state index contributed by atoms with van der Waals surface area (Å²) in [6, 6.07) is 4.15. The first-order valence-corrected chi connectivity index (χ1v) is 10.9. The Kier molecular flexibility index (Phi) is 5.58. The van der Waals surface area contributed by atoms with Crippen molar-refractivity contribution in [2.24, 2.45) is 13.0 Å². The molecule has 1 aliphatic carbocycles. The van der Waals surface area contributed by atoms with E-state index in [9.17, 15) is 18.0 Å². The van der Waals surface area contributed by atoms with E-state index in [-0.39, 0.29) is 16.3 Å². The van der Waals surface area contributed by atoms with Gasteiger partial charge in [0.25, 0.3) is 5.56 Å². The van der Waals surface area contributed by atoms with Crippen LogP contribution >= 0.6 is 0 Å². The molecular weight excluding hydrogens is 366 g/mol. The number of hydrogen-bond donors (Lipinski definition) is 1. The van der Waals surface area contributed by atoms with Gasteiger partial charge in [0.15, 0.2) is 0 Å². The Morgan fingerprint density at radius 1 is 1.22 bits per heavy atom. The minimum atomic E-state index is -3.73. The molecule has 1 aromatic heterocycles. The summed E-state index contributed by atoms with van der Waals surface area (Å²) >= 11 is 0. The van der Waals surface area contributed by atoms with Crippen LogP contribution in [0.1, 0.15) is 45.4 Å². The van der Waals surface area contributed by atoms with Crippen molar-refractivity contribution in [3.63, 3.8) is 0 Å². The molecule has 1 aliphatic rings.